The zero-order valence-electron chi connectivity index (χ0n) is 9.00. The summed E-state index contributed by atoms with van der Waals surface area (Å²) in [5.74, 6) is 0. The lowest BCUT2D eigenvalue weighted by molar-refractivity contribution is 0.746. The van der Waals surface area contributed by atoms with Gasteiger partial charge in [0.15, 0.2) is 5.65 Å². The van der Waals surface area contributed by atoms with Gasteiger partial charge in [0, 0.05) is 0 Å². The van der Waals surface area contributed by atoms with Gasteiger partial charge in [-0.15, -0.1) is 0 Å². The Morgan fingerprint density at radius 3 is 3.00 bits per heavy atom. The van der Waals surface area contributed by atoms with E-state index in [1.54, 1.807) is 0 Å². The first-order valence-electron chi connectivity index (χ1n) is 5.22. The molecule has 3 nitrogen and oxygen atoms in total. The average Bonchev–Trinajstić information content (AvgIpc) is 2.56. The van der Waals surface area contributed by atoms with E-state index in [4.69, 9.17) is 0 Å². The number of hydrogen-bond acceptors (Lipinski definition) is 2. The second kappa shape index (κ2) is 4.47. The van der Waals surface area contributed by atoms with Gasteiger partial charge in [-0.2, -0.15) is 5.10 Å². The summed E-state index contributed by atoms with van der Waals surface area (Å²) in [6.07, 6.45) is 5.44. The molecule has 0 atom stereocenters. The van der Waals surface area contributed by atoms with Gasteiger partial charge in [0.05, 0.1) is 21.2 Å². The van der Waals surface area contributed by atoms with Gasteiger partial charge in [0.1, 0.15) is 0 Å². The van der Waals surface area contributed by atoms with E-state index >= 15 is 0 Å². The van der Waals surface area contributed by atoms with Crippen LogP contribution < -0.4 is 0 Å². The first kappa shape index (κ1) is 10.9. The molecule has 0 unspecified atom stereocenters. The molecule has 0 amide bonds. The normalized spacial score (nSPS) is 11.1. The summed E-state index contributed by atoms with van der Waals surface area (Å²) in [5, 5.41) is 4.54. The Morgan fingerprint density at radius 2 is 2.27 bits per heavy atom. The van der Waals surface area contributed by atoms with E-state index < -0.39 is 0 Å². The van der Waals surface area contributed by atoms with Crippen LogP contribution in [-0.4, -0.2) is 14.6 Å². The molecule has 2 aromatic rings. The summed E-state index contributed by atoms with van der Waals surface area (Å²) in [6, 6.07) is 2.14. The zero-order chi connectivity index (χ0) is 10.8. The summed E-state index contributed by atoms with van der Waals surface area (Å²) in [6.45, 7) is 4.20. The van der Waals surface area contributed by atoms with Crippen molar-refractivity contribution in [2.45, 2.75) is 33.1 Å². The summed E-state index contributed by atoms with van der Waals surface area (Å²) in [4.78, 5) is 4.43. The van der Waals surface area contributed by atoms with Crippen molar-refractivity contribution in [3.63, 3.8) is 0 Å². The van der Waals surface area contributed by atoms with Crippen LogP contribution in [0.15, 0.2) is 12.3 Å². The molecule has 0 aliphatic rings. The largest absolute Gasteiger partial charge is 0.231 e. The molecule has 0 aliphatic heterocycles. The van der Waals surface area contributed by atoms with Crippen molar-refractivity contribution in [2.75, 3.05) is 0 Å². The topological polar surface area (TPSA) is 30.2 Å². The fourth-order valence-electron chi connectivity index (χ4n) is 1.58. The minimum absolute atomic E-state index is 0.966. The number of rotatable bonds is 3. The highest BCUT2D eigenvalue weighted by Crippen LogP contribution is 2.14. The van der Waals surface area contributed by atoms with Crippen molar-refractivity contribution in [3.05, 3.63) is 27.2 Å². The molecule has 15 heavy (non-hydrogen) atoms. The molecule has 0 radical (unpaired) electrons. The predicted molar refractivity (Wildman–Crippen MR) is 69.1 cm³/mol. The van der Waals surface area contributed by atoms with Crippen molar-refractivity contribution in [1.29, 1.82) is 0 Å². The van der Waals surface area contributed by atoms with Crippen LogP contribution in [0.2, 0.25) is 0 Å². The third kappa shape index (κ3) is 2.30. The van der Waals surface area contributed by atoms with E-state index in [0.29, 0.717) is 0 Å². The molecule has 0 spiro atoms. The summed E-state index contributed by atoms with van der Waals surface area (Å²) >= 11 is 2.33. The standard InChI is InChI=1S/C11H14IN3/c1-3-4-5-9-6-10(12)11-13-8(2)7-15(11)14-9/h6-7H,3-5H2,1-2H3. The maximum atomic E-state index is 4.54. The Hall–Kier alpha value is -0.650. The van der Waals surface area contributed by atoms with E-state index in [1.807, 2.05) is 17.6 Å². The van der Waals surface area contributed by atoms with Crippen molar-refractivity contribution < 1.29 is 0 Å². The molecule has 0 bridgehead atoms. The smallest absolute Gasteiger partial charge is 0.167 e. The number of hydrogen-bond donors (Lipinski definition) is 0. The molecular formula is C11H14IN3. The average molecular weight is 315 g/mol. The van der Waals surface area contributed by atoms with Crippen LogP contribution in [0, 0.1) is 10.5 Å². The number of imidazole rings is 1. The molecule has 0 aliphatic carbocycles. The molecule has 2 rings (SSSR count). The number of fused-ring (bicyclic) bond motifs is 1. The number of aryl methyl sites for hydroxylation is 2. The lowest BCUT2D eigenvalue weighted by Crippen LogP contribution is -1.99. The minimum Gasteiger partial charge on any atom is -0.231 e. The second-order valence-corrected chi connectivity index (χ2v) is 4.90. The molecule has 0 aromatic carbocycles. The maximum absolute atomic E-state index is 4.54. The van der Waals surface area contributed by atoms with Crippen LogP contribution >= 0.6 is 22.6 Å². The number of halogens is 1. The third-order valence-corrected chi connectivity index (χ3v) is 3.13. The molecule has 0 fully saturated rings. The highest BCUT2D eigenvalue weighted by molar-refractivity contribution is 14.1. The lowest BCUT2D eigenvalue weighted by atomic mass is 10.2. The van der Waals surface area contributed by atoms with Crippen molar-refractivity contribution >= 4 is 28.2 Å². The van der Waals surface area contributed by atoms with Gasteiger partial charge in [-0.3, -0.25) is 0 Å². The van der Waals surface area contributed by atoms with Crippen LogP contribution in [-0.2, 0) is 6.42 Å². The van der Waals surface area contributed by atoms with Crippen LogP contribution in [0.1, 0.15) is 31.2 Å². The Kier molecular flexibility index (Phi) is 3.23. The molecule has 2 heterocycles. The maximum Gasteiger partial charge on any atom is 0.167 e. The third-order valence-electron chi connectivity index (χ3n) is 2.34. The lowest BCUT2D eigenvalue weighted by Gasteiger charge is -2.01. The van der Waals surface area contributed by atoms with Crippen LogP contribution in [0.3, 0.4) is 0 Å². The Labute approximate surface area is 103 Å². The van der Waals surface area contributed by atoms with Crippen molar-refractivity contribution in [1.82, 2.24) is 14.6 Å². The highest BCUT2D eigenvalue weighted by atomic mass is 127. The van der Waals surface area contributed by atoms with Gasteiger partial charge >= 0.3 is 0 Å². The Balaban J connectivity index is 2.42. The van der Waals surface area contributed by atoms with Gasteiger partial charge < -0.3 is 0 Å². The Morgan fingerprint density at radius 1 is 1.47 bits per heavy atom. The van der Waals surface area contributed by atoms with E-state index in [2.05, 4.69) is 45.7 Å². The van der Waals surface area contributed by atoms with Crippen LogP contribution in [0.25, 0.3) is 5.65 Å². The van der Waals surface area contributed by atoms with Gasteiger partial charge in [-0.25, -0.2) is 9.50 Å². The predicted octanol–water partition coefficient (Wildman–Crippen LogP) is 2.98. The number of unbranched alkanes of at least 4 members (excludes halogenated alkanes) is 1. The monoisotopic (exact) mass is 315 g/mol. The van der Waals surface area contributed by atoms with E-state index in [9.17, 15) is 0 Å². The second-order valence-electron chi connectivity index (χ2n) is 3.74. The van der Waals surface area contributed by atoms with Gasteiger partial charge in [-0.05, 0) is 48.4 Å². The fourth-order valence-corrected chi connectivity index (χ4v) is 2.31. The van der Waals surface area contributed by atoms with E-state index in [-0.39, 0.29) is 0 Å². The van der Waals surface area contributed by atoms with Gasteiger partial charge in [0.25, 0.3) is 0 Å². The molecule has 80 valence electrons. The van der Waals surface area contributed by atoms with E-state index in [0.717, 1.165) is 23.5 Å². The molecule has 2 aromatic heterocycles. The molecule has 4 heteroatoms. The fraction of sp³-hybridized carbons (Fsp3) is 0.455. The molecule has 0 saturated heterocycles. The molecular weight excluding hydrogens is 301 g/mol. The SMILES string of the molecule is CCCCc1cc(I)c2nc(C)cn2n1. The highest BCUT2D eigenvalue weighted by Gasteiger charge is 2.05. The zero-order valence-corrected chi connectivity index (χ0v) is 11.2. The first-order valence-corrected chi connectivity index (χ1v) is 6.30. The summed E-state index contributed by atoms with van der Waals surface area (Å²) < 4.78 is 3.07. The molecule has 0 N–H and O–H groups in total. The van der Waals surface area contributed by atoms with Crippen LogP contribution in [0.4, 0.5) is 0 Å². The molecule has 0 saturated carbocycles. The summed E-state index contributed by atoms with van der Waals surface area (Å²) in [5.41, 5.74) is 3.15. The van der Waals surface area contributed by atoms with Crippen molar-refractivity contribution in [3.8, 4) is 0 Å². The summed E-state index contributed by atoms with van der Waals surface area (Å²) in [7, 11) is 0. The first-order chi connectivity index (χ1) is 7.20. The number of nitrogens with zero attached hydrogens (tertiary/aromatic N) is 3. The van der Waals surface area contributed by atoms with Crippen molar-refractivity contribution in [2.24, 2.45) is 0 Å². The van der Waals surface area contributed by atoms with Crippen LogP contribution in [0.5, 0.6) is 0 Å². The van der Waals surface area contributed by atoms with E-state index in [1.165, 1.54) is 16.4 Å². The number of aromatic nitrogens is 3. The minimum atomic E-state index is 0.966. The van der Waals surface area contributed by atoms with Gasteiger partial charge in [0.2, 0.25) is 0 Å². The van der Waals surface area contributed by atoms with Gasteiger partial charge in [-0.1, -0.05) is 13.3 Å². The quantitative estimate of drug-likeness (QED) is 0.815. The Bertz CT molecular complexity index is 476.